The lowest BCUT2D eigenvalue weighted by Crippen LogP contribution is -1.94. The number of furan rings is 1. The minimum atomic E-state index is -0.433. The zero-order chi connectivity index (χ0) is 39.6. The van der Waals surface area contributed by atoms with Gasteiger partial charge in [0.25, 0.3) is 0 Å². The highest BCUT2D eigenvalue weighted by molar-refractivity contribution is 6.15. The van der Waals surface area contributed by atoms with Crippen LogP contribution in [0.5, 0.6) is 0 Å². The first-order valence-electron chi connectivity index (χ1n) is 20.4. The van der Waals surface area contributed by atoms with E-state index in [4.69, 9.17) is 7.16 Å². The molecule has 0 unspecified atom stereocenters. The normalized spacial score (nSPS) is 13.8. The lowest BCUT2D eigenvalue weighted by atomic mass is 10.0. The first-order valence-corrected chi connectivity index (χ1v) is 16.9. The molecule has 0 saturated heterocycles. The topological polar surface area (TPSA) is 23.0 Å². The van der Waals surface area contributed by atoms with Crippen molar-refractivity contribution in [2.24, 2.45) is 0 Å². The first kappa shape index (κ1) is 22.0. The summed E-state index contributed by atoms with van der Waals surface area (Å²) in [6.07, 6.45) is 0. The maximum absolute atomic E-state index is 9.84. The molecule has 3 heterocycles. The first-order chi connectivity index (χ1) is 28.2. The van der Waals surface area contributed by atoms with Crippen molar-refractivity contribution in [2.75, 3.05) is 0 Å². The number of rotatable bonds is 4. The van der Waals surface area contributed by atoms with Crippen molar-refractivity contribution in [1.29, 1.82) is 0 Å². The molecule has 0 fully saturated rings. The molecule has 238 valence electrons. The molecule has 0 aliphatic heterocycles. The van der Waals surface area contributed by atoms with Gasteiger partial charge in [0, 0.05) is 32.6 Å². The lowest BCUT2D eigenvalue weighted by Gasteiger charge is -2.11. The summed E-state index contributed by atoms with van der Waals surface area (Å²) in [5, 5.41) is 3.70. The minimum absolute atomic E-state index is 0.0893. The van der Waals surface area contributed by atoms with Gasteiger partial charge in [-0.2, -0.15) is 0 Å². The van der Waals surface area contributed by atoms with E-state index in [9.17, 15) is 6.85 Å². The van der Waals surface area contributed by atoms with Crippen LogP contribution in [0.25, 0.3) is 99.2 Å². The van der Waals surface area contributed by atoms with Crippen LogP contribution in [0.15, 0.2) is 186 Å². The molecule has 0 saturated carbocycles. The SMILES string of the molecule is [2H]c1c([2H])c([2H])c2c(c1[2H])c1c([2H])c(-c3ccc4c(c3)c3ccccc3n4-c3ccc(-c4ccccc4)cc3)c([2H])c([2H])c1n2-c1cccc2oc3ccccc3c12. The number of benzene rings is 8. The van der Waals surface area contributed by atoms with Gasteiger partial charge in [0.1, 0.15) is 11.2 Å². The van der Waals surface area contributed by atoms with Gasteiger partial charge < -0.3 is 13.6 Å². The second kappa shape index (κ2) is 10.8. The van der Waals surface area contributed by atoms with Gasteiger partial charge in [-0.3, -0.25) is 0 Å². The van der Waals surface area contributed by atoms with Crippen molar-refractivity contribution in [1.82, 2.24) is 9.13 Å². The van der Waals surface area contributed by atoms with Crippen molar-refractivity contribution < 1.29 is 14.0 Å². The summed E-state index contributed by atoms with van der Waals surface area (Å²) >= 11 is 0. The van der Waals surface area contributed by atoms with Gasteiger partial charge in [-0.1, -0.05) is 115 Å². The molecule has 3 aromatic heterocycles. The Morgan fingerprint density at radius 3 is 2.02 bits per heavy atom. The summed E-state index contributed by atoms with van der Waals surface area (Å²) in [5.41, 5.74) is 7.96. The third-order valence-corrected chi connectivity index (χ3v) is 9.97. The van der Waals surface area contributed by atoms with Gasteiger partial charge in [-0.25, -0.2) is 0 Å². The highest BCUT2D eigenvalue weighted by Gasteiger charge is 2.19. The highest BCUT2D eigenvalue weighted by atomic mass is 16.3. The zero-order valence-corrected chi connectivity index (χ0v) is 27.1. The largest absolute Gasteiger partial charge is 0.456 e. The summed E-state index contributed by atoms with van der Waals surface area (Å²) in [4.78, 5) is 0. The average molecular weight is 658 g/mol. The molecule has 0 spiro atoms. The van der Waals surface area contributed by atoms with Crippen LogP contribution in [-0.4, -0.2) is 9.13 Å². The van der Waals surface area contributed by atoms with Crippen molar-refractivity contribution in [3.8, 4) is 33.6 Å². The lowest BCUT2D eigenvalue weighted by molar-refractivity contribution is 0.669. The number of para-hydroxylation sites is 3. The van der Waals surface area contributed by atoms with Gasteiger partial charge in [-0.05, 0) is 88.9 Å². The maximum atomic E-state index is 9.84. The Morgan fingerprint density at radius 1 is 0.412 bits per heavy atom. The second-order valence-electron chi connectivity index (χ2n) is 12.8. The molecule has 11 rings (SSSR count). The summed E-state index contributed by atoms with van der Waals surface area (Å²) in [6, 6.07) is 43.7. The smallest absolute Gasteiger partial charge is 0.137 e. The van der Waals surface area contributed by atoms with Gasteiger partial charge >= 0.3 is 0 Å². The average Bonchev–Trinajstić information content (AvgIpc) is 3.93. The number of aromatic nitrogens is 2. The third kappa shape index (κ3) is 4.19. The van der Waals surface area contributed by atoms with Crippen LogP contribution in [0.2, 0.25) is 0 Å². The van der Waals surface area contributed by atoms with Crippen molar-refractivity contribution in [2.45, 2.75) is 0 Å². The predicted molar refractivity (Wildman–Crippen MR) is 213 cm³/mol. The molecule has 0 N–H and O–H groups in total. The van der Waals surface area contributed by atoms with Crippen molar-refractivity contribution >= 4 is 65.6 Å². The van der Waals surface area contributed by atoms with E-state index in [0.29, 0.717) is 27.8 Å². The fraction of sp³-hybridized carbons (Fsp3) is 0. The van der Waals surface area contributed by atoms with E-state index < -0.39 is 12.1 Å². The van der Waals surface area contributed by atoms with E-state index in [0.717, 1.165) is 44.0 Å². The van der Waals surface area contributed by atoms with Crippen molar-refractivity contribution in [3.05, 3.63) is 182 Å². The van der Waals surface area contributed by atoms with Gasteiger partial charge in [-0.15, -0.1) is 0 Å². The van der Waals surface area contributed by atoms with E-state index in [2.05, 4.69) is 53.1 Å². The summed E-state index contributed by atoms with van der Waals surface area (Å²) in [6.45, 7) is 0. The molecule has 11 aromatic rings. The molecule has 0 atom stereocenters. The Labute approximate surface area is 303 Å². The number of nitrogens with zero attached hydrogens (tertiary/aromatic N) is 2. The van der Waals surface area contributed by atoms with Crippen LogP contribution in [0.3, 0.4) is 0 Å². The molecule has 0 radical (unpaired) electrons. The van der Waals surface area contributed by atoms with E-state index in [1.165, 1.54) is 0 Å². The zero-order valence-electron chi connectivity index (χ0n) is 34.1. The van der Waals surface area contributed by atoms with Crippen LogP contribution in [0, 0.1) is 0 Å². The van der Waals surface area contributed by atoms with E-state index >= 15 is 0 Å². The van der Waals surface area contributed by atoms with Crippen LogP contribution in [0.4, 0.5) is 0 Å². The standard InChI is InChI=1S/C48H30N2O/c1-2-11-31(12-3-1)32-21-25-35(26-22-32)49-41-16-7-4-13-36(41)39-29-33(23-27-43(39)49)34-24-28-44-40(30-34)37-14-5-8-17-42(37)50(44)45-18-10-20-47-48(45)38-15-6-9-19-46(38)51-47/h1-30H/i5D,8D,14D,17D,24D,28D,30D. The molecular formula is C48H30N2O. The van der Waals surface area contributed by atoms with Crippen LogP contribution in [0.1, 0.15) is 9.60 Å². The van der Waals surface area contributed by atoms with Crippen LogP contribution >= 0.6 is 0 Å². The Hall–Kier alpha value is -6.84. The Bertz CT molecular complexity index is 3530. The van der Waals surface area contributed by atoms with E-state index in [1.54, 1.807) is 10.6 Å². The summed E-state index contributed by atoms with van der Waals surface area (Å²) in [5.74, 6) is 0. The Morgan fingerprint density at radius 2 is 1.12 bits per heavy atom. The van der Waals surface area contributed by atoms with Crippen LogP contribution < -0.4 is 0 Å². The number of hydrogen-bond acceptors (Lipinski definition) is 1. The second-order valence-corrected chi connectivity index (χ2v) is 12.8. The molecule has 0 aliphatic carbocycles. The fourth-order valence-electron chi connectivity index (χ4n) is 7.68. The van der Waals surface area contributed by atoms with Crippen molar-refractivity contribution in [3.63, 3.8) is 0 Å². The minimum Gasteiger partial charge on any atom is -0.456 e. The van der Waals surface area contributed by atoms with E-state index in [-0.39, 0.29) is 57.6 Å². The Balaban J connectivity index is 1.19. The van der Waals surface area contributed by atoms with Gasteiger partial charge in [0.2, 0.25) is 0 Å². The number of fused-ring (bicyclic) bond motifs is 9. The predicted octanol–water partition coefficient (Wildman–Crippen LogP) is 13.1. The Kier molecular flexibility index (Phi) is 4.67. The fourth-order valence-corrected chi connectivity index (χ4v) is 7.68. The molecule has 0 bridgehead atoms. The molecular weight excluding hydrogens is 621 g/mol. The quantitative estimate of drug-likeness (QED) is 0.185. The highest BCUT2D eigenvalue weighted by Crippen LogP contribution is 2.41. The third-order valence-electron chi connectivity index (χ3n) is 9.97. The molecule has 0 amide bonds. The summed E-state index contributed by atoms with van der Waals surface area (Å²) < 4.78 is 74.8. The maximum Gasteiger partial charge on any atom is 0.137 e. The molecule has 0 aliphatic rings. The van der Waals surface area contributed by atoms with Gasteiger partial charge in [0.15, 0.2) is 0 Å². The van der Waals surface area contributed by atoms with E-state index in [1.807, 2.05) is 84.9 Å². The molecule has 3 heteroatoms. The monoisotopic (exact) mass is 657 g/mol. The van der Waals surface area contributed by atoms with Crippen LogP contribution in [-0.2, 0) is 0 Å². The molecule has 51 heavy (non-hydrogen) atoms. The summed E-state index contributed by atoms with van der Waals surface area (Å²) in [7, 11) is 0. The van der Waals surface area contributed by atoms with Gasteiger partial charge in [0.05, 0.1) is 42.7 Å². The molecule has 3 nitrogen and oxygen atoms in total. The number of hydrogen-bond donors (Lipinski definition) is 0. The molecule has 8 aromatic carbocycles.